The van der Waals surface area contributed by atoms with Crippen LogP contribution >= 0.6 is 11.3 Å². The summed E-state index contributed by atoms with van der Waals surface area (Å²) in [5, 5.41) is 1.25. The van der Waals surface area contributed by atoms with Crippen molar-refractivity contribution in [1.82, 2.24) is 4.98 Å². The Labute approximate surface area is 96.9 Å². The summed E-state index contributed by atoms with van der Waals surface area (Å²) < 4.78 is 0. The molecule has 15 heavy (non-hydrogen) atoms. The zero-order valence-corrected chi connectivity index (χ0v) is 11.0. The minimum atomic E-state index is 0.130. The summed E-state index contributed by atoms with van der Waals surface area (Å²) in [4.78, 5) is 5.98. The lowest BCUT2D eigenvalue weighted by Gasteiger charge is -2.03. The van der Waals surface area contributed by atoms with Crippen LogP contribution < -0.4 is 5.73 Å². The van der Waals surface area contributed by atoms with Gasteiger partial charge in [0.05, 0.1) is 10.7 Å². The summed E-state index contributed by atoms with van der Waals surface area (Å²) in [7, 11) is 0. The molecular formula is C12H22N2S. The third-order valence-electron chi connectivity index (χ3n) is 2.26. The molecule has 1 heterocycles. The van der Waals surface area contributed by atoms with Crippen molar-refractivity contribution in [2.75, 3.05) is 0 Å². The summed E-state index contributed by atoms with van der Waals surface area (Å²) in [5.41, 5.74) is 7.19. The fraction of sp³-hybridized carbons (Fsp3) is 0.750. The molecule has 0 saturated carbocycles. The van der Waals surface area contributed by atoms with Gasteiger partial charge in [-0.2, -0.15) is 0 Å². The standard InChI is InChI=1S/C12H22N2S/c1-5-6-10-12(9(4)13)15-11(14-10)7-8(2)3/h8-9H,5-7,13H2,1-4H3. The molecule has 0 fully saturated rings. The third kappa shape index (κ3) is 3.58. The Morgan fingerprint density at radius 2 is 2.00 bits per heavy atom. The van der Waals surface area contributed by atoms with E-state index in [0.717, 1.165) is 19.3 Å². The maximum atomic E-state index is 5.96. The van der Waals surface area contributed by atoms with Gasteiger partial charge in [-0.15, -0.1) is 11.3 Å². The molecule has 1 atom stereocenters. The lowest BCUT2D eigenvalue weighted by molar-refractivity contribution is 0.642. The monoisotopic (exact) mass is 226 g/mol. The highest BCUT2D eigenvalue weighted by Gasteiger charge is 2.14. The fourth-order valence-electron chi connectivity index (χ4n) is 1.62. The highest BCUT2D eigenvalue weighted by molar-refractivity contribution is 7.11. The normalized spacial score (nSPS) is 13.5. The highest BCUT2D eigenvalue weighted by atomic mass is 32.1. The molecule has 1 aromatic heterocycles. The van der Waals surface area contributed by atoms with Gasteiger partial charge in [0.1, 0.15) is 0 Å². The summed E-state index contributed by atoms with van der Waals surface area (Å²) >= 11 is 1.80. The first-order valence-corrected chi connectivity index (χ1v) is 6.60. The van der Waals surface area contributed by atoms with E-state index in [4.69, 9.17) is 10.7 Å². The van der Waals surface area contributed by atoms with Gasteiger partial charge in [0.2, 0.25) is 0 Å². The Bertz CT molecular complexity index is 303. The Hall–Kier alpha value is -0.410. The van der Waals surface area contributed by atoms with Crippen molar-refractivity contribution in [3.8, 4) is 0 Å². The molecule has 0 spiro atoms. The van der Waals surface area contributed by atoms with Crippen LogP contribution in [0, 0.1) is 5.92 Å². The van der Waals surface area contributed by atoms with Crippen molar-refractivity contribution in [2.45, 2.75) is 53.0 Å². The molecule has 0 radical (unpaired) electrons. The van der Waals surface area contributed by atoms with E-state index in [-0.39, 0.29) is 6.04 Å². The SMILES string of the molecule is CCCc1nc(CC(C)C)sc1C(C)N. The maximum absolute atomic E-state index is 5.96. The van der Waals surface area contributed by atoms with Crippen LogP contribution in [0.4, 0.5) is 0 Å². The molecule has 2 N–H and O–H groups in total. The molecule has 0 aliphatic rings. The van der Waals surface area contributed by atoms with E-state index in [2.05, 4.69) is 20.8 Å². The average Bonchev–Trinajstić information content (AvgIpc) is 2.47. The van der Waals surface area contributed by atoms with Gasteiger partial charge in [-0.25, -0.2) is 4.98 Å². The molecule has 1 unspecified atom stereocenters. The molecule has 86 valence electrons. The molecule has 2 nitrogen and oxygen atoms in total. The second-order valence-electron chi connectivity index (χ2n) is 4.56. The molecule has 0 aliphatic heterocycles. The molecular weight excluding hydrogens is 204 g/mol. The van der Waals surface area contributed by atoms with E-state index < -0.39 is 0 Å². The smallest absolute Gasteiger partial charge is 0.0934 e. The van der Waals surface area contributed by atoms with Crippen molar-refractivity contribution in [3.05, 3.63) is 15.6 Å². The van der Waals surface area contributed by atoms with Crippen LogP contribution in [0.15, 0.2) is 0 Å². The van der Waals surface area contributed by atoms with Crippen molar-refractivity contribution in [2.24, 2.45) is 11.7 Å². The molecule has 0 aromatic carbocycles. The number of nitrogens with two attached hydrogens (primary N) is 1. The van der Waals surface area contributed by atoms with E-state index in [9.17, 15) is 0 Å². The predicted molar refractivity (Wildman–Crippen MR) is 67.3 cm³/mol. The van der Waals surface area contributed by atoms with Gasteiger partial charge in [-0.05, 0) is 19.3 Å². The van der Waals surface area contributed by atoms with Crippen molar-refractivity contribution < 1.29 is 0 Å². The zero-order valence-electron chi connectivity index (χ0n) is 10.2. The first-order valence-electron chi connectivity index (χ1n) is 5.78. The number of hydrogen-bond donors (Lipinski definition) is 1. The van der Waals surface area contributed by atoms with Gasteiger partial charge in [-0.3, -0.25) is 0 Å². The first-order chi connectivity index (χ1) is 7.04. The lowest BCUT2D eigenvalue weighted by Crippen LogP contribution is -2.05. The minimum absolute atomic E-state index is 0.130. The van der Waals surface area contributed by atoms with Crippen LogP contribution in [0.25, 0.3) is 0 Å². The fourth-order valence-corrected chi connectivity index (χ4v) is 2.90. The second kappa shape index (κ2) is 5.61. The lowest BCUT2D eigenvalue weighted by atomic mass is 10.1. The summed E-state index contributed by atoms with van der Waals surface area (Å²) in [6.07, 6.45) is 3.28. The van der Waals surface area contributed by atoms with E-state index in [1.54, 1.807) is 11.3 Å². The zero-order chi connectivity index (χ0) is 11.4. The molecule has 0 amide bonds. The number of aryl methyl sites for hydroxylation is 1. The van der Waals surface area contributed by atoms with E-state index in [1.807, 2.05) is 6.92 Å². The van der Waals surface area contributed by atoms with Gasteiger partial charge in [0.25, 0.3) is 0 Å². The number of hydrogen-bond acceptors (Lipinski definition) is 3. The Balaban J connectivity index is 2.88. The number of nitrogens with zero attached hydrogens (tertiary/aromatic N) is 1. The van der Waals surface area contributed by atoms with Crippen molar-refractivity contribution in [1.29, 1.82) is 0 Å². The number of thiazole rings is 1. The van der Waals surface area contributed by atoms with Crippen molar-refractivity contribution in [3.63, 3.8) is 0 Å². The van der Waals surface area contributed by atoms with Crippen LogP contribution in [0.2, 0.25) is 0 Å². The largest absolute Gasteiger partial charge is 0.323 e. The summed E-state index contributed by atoms with van der Waals surface area (Å²) in [6.45, 7) is 8.69. The van der Waals surface area contributed by atoms with Gasteiger partial charge in [0.15, 0.2) is 0 Å². The van der Waals surface area contributed by atoms with E-state index in [0.29, 0.717) is 5.92 Å². The van der Waals surface area contributed by atoms with Gasteiger partial charge >= 0.3 is 0 Å². The van der Waals surface area contributed by atoms with Crippen LogP contribution in [0.5, 0.6) is 0 Å². The van der Waals surface area contributed by atoms with Crippen LogP contribution in [0.3, 0.4) is 0 Å². The summed E-state index contributed by atoms with van der Waals surface area (Å²) in [6, 6.07) is 0.130. The van der Waals surface area contributed by atoms with E-state index >= 15 is 0 Å². The van der Waals surface area contributed by atoms with Gasteiger partial charge in [-0.1, -0.05) is 27.2 Å². The molecule has 0 bridgehead atoms. The second-order valence-corrected chi connectivity index (χ2v) is 5.67. The Morgan fingerprint density at radius 3 is 2.47 bits per heavy atom. The highest BCUT2D eigenvalue weighted by Crippen LogP contribution is 2.26. The molecule has 3 heteroatoms. The van der Waals surface area contributed by atoms with Gasteiger partial charge in [0, 0.05) is 17.3 Å². The Kier molecular flexibility index (Phi) is 4.74. The van der Waals surface area contributed by atoms with E-state index in [1.165, 1.54) is 15.6 Å². The average molecular weight is 226 g/mol. The molecule has 0 aliphatic carbocycles. The number of rotatable bonds is 5. The van der Waals surface area contributed by atoms with Crippen molar-refractivity contribution >= 4 is 11.3 Å². The maximum Gasteiger partial charge on any atom is 0.0934 e. The van der Waals surface area contributed by atoms with Crippen LogP contribution in [-0.2, 0) is 12.8 Å². The van der Waals surface area contributed by atoms with Gasteiger partial charge < -0.3 is 5.73 Å². The molecule has 1 rings (SSSR count). The number of aromatic nitrogens is 1. The molecule has 0 saturated heterocycles. The topological polar surface area (TPSA) is 38.9 Å². The first kappa shape index (κ1) is 12.7. The molecule has 1 aromatic rings. The summed E-state index contributed by atoms with van der Waals surface area (Å²) in [5.74, 6) is 0.673. The predicted octanol–water partition coefficient (Wildman–Crippen LogP) is 3.31. The minimum Gasteiger partial charge on any atom is -0.323 e. The third-order valence-corrected chi connectivity index (χ3v) is 3.58. The van der Waals surface area contributed by atoms with Crippen LogP contribution in [0.1, 0.15) is 55.7 Å². The van der Waals surface area contributed by atoms with Crippen LogP contribution in [-0.4, -0.2) is 4.98 Å². The Morgan fingerprint density at radius 1 is 1.33 bits per heavy atom. The quantitative estimate of drug-likeness (QED) is 0.836.